The van der Waals surface area contributed by atoms with E-state index in [9.17, 15) is 19.3 Å². The molecule has 0 aliphatic heterocycles. The Morgan fingerprint density at radius 1 is 1.29 bits per heavy atom. The lowest BCUT2D eigenvalue weighted by atomic mass is 9.99. The minimum Gasteiger partial charge on any atom is -0.465 e. The first-order valence-electron chi connectivity index (χ1n) is 6.12. The first-order chi connectivity index (χ1) is 10.0. The number of nitrogens with zero attached hydrogens (tertiary/aromatic N) is 1. The van der Waals surface area contributed by atoms with Crippen LogP contribution in [0, 0.1) is 15.9 Å². The summed E-state index contributed by atoms with van der Waals surface area (Å²) in [5.74, 6) is -1.37. The fraction of sp³-hybridized carbons (Fsp3) is 0.133. The number of hydrogen-bond acceptors (Lipinski definition) is 4. The van der Waals surface area contributed by atoms with E-state index in [0.29, 0.717) is 16.7 Å². The Balaban J connectivity index is 2.37. The van der Waals surface area contributed by atoms with Crippen LogP contribution in [0.2, 0.25) is 0 Å². The maximum atomic E-state index is 13.3. The minimum absolute atomic E-state index is 0.270. The second kappa shape index (κ2) is 6.13. The number of ether oxygens (including phenoxy) is 1. The van der Waals surface area contributed by atoms with E-state index >= 15 is 0 Å². The van der Waals surface area contributed by atoms with Gasteiger partial charge >= 0.3 is 11.7 Å². The molecule has 0 bridgehead atoms. The first kappa shape index (κ1) is 14.6. The van der Waals surface area contributed by atoms with E-state index in [1.165, 1.54) is 19.2 Å². The van der Waals surface area contributed by atoms with Crippen LogP contribution >= 0.6 is 0 Å². The molecule has 0 unspecified atom stereocenters. The molecule has 2 aromatic carbocycles. The Morgan fingerprint density at radius 2 is 2.00 bits per heavy atom. The van der Waals surface area contributed by atoms with Crippen LogP contribution in [0.15, 0.2) is 42.5 Å². The topological polar surface area (TPSA) is 69.4 Å². The number of rotatable bonds is 4. The van der Waals surface area contributed by atoms with Crippen molar-refractivity contribution in [2.45, 2.75) is 6.42 Å². The predicted molar refractivity (Wildman–Crippen MR) is 73.6 cm³/mol. The van der Waals surface area contributed by atoms with Gasteiger partial charge < -0.3 is 4.74 Å². The van der Waals surface area contributed by atoms with Gasteiger partial charge in [-0.15, -0.1) is 0 Å². The van der Waals surface area contributed by atoms with E-state index in [4.69, 9.17) is 0 Å². The van der Waals surface area contributed by atoms with Gasteiger partial charge in [0.2, 0.25) is 5.82 Å². The summed E-state index contributed by atoms with van der Waals surface area (Å²) < 4.78 is 18.0. The molecule has 21 heavy (non-hydrogen) atoms. The molecule has 0 saturated heterocycles. The van der Waals surface area contributed by atoms with Gasteiger partial charge in [-0.1, -0.05) is 24.3 Å². The summed E-state index contributed by atoms with van der Waals surface area (Å²) in [5, 5.41) is 10.7. The van der Waals surface area contributed by atoms with Crippen molar-refractivity contribution in [2.75, 3.05) is 7.11 Å². The number of carbonyl (C=O) groups is 1. The number of halogens is 1. The molecule has 0 heterocycles. The molecule has 2 rings (SSSR count). The van der Waals surface area contributed by atoms with E-state index in [1.54, 1.807) is 24.3 Å². The Labute approximate surface area is 120 Å². The van der Waals surface area contributed by atoms with Crippen LogP contribution in [0.5, 0.6) is 0 Å². The van der Waals surface area contributed by atoms with E-state index < -0.39 is 22.4 Å². The van der Waals surface area contributed by atoms with Gasteiger partial charge in [0.15, 0.2) is 0 Å². The van der Waals surface area contributed by atoms with Gasteiger partial charge in [-0.05, 0) is 29.7 Å². The van der Waals surface area contributed by atoms with Gasteiger partial charge in [-0.2, -0.15) is 4.39 Å². The normalized spacial score (nSPS) is 10.2. The zero-order chi connectivity index (χ0) is 15.4. The van der Waals surface area contributed by atoms with Crippen molar-refractivity contribution in [3.63, 3.8) is 0 Å². The van der Waals surface area contributed by atoms with Crippen LogP contribution in [0.1, 0.15) is 21.5 Å². The summed E-state index contributed by atoms with van der Waals surface area (Å²) in [5.41, 5.74) is 1.000. The third kappa shape index (κ3) is 3.22. The number of esters is 1. The highest BCUT2D eigenvalue weighted by Gasteiger charge is 2.16. The number of benzene rings is 2. The van der Waals surface area contributed by atoms with Gasteiger partial charge in [-0.3, -0.25) is 10.1 Å². The van der Waals surface area contributed by atoms with Gasteiger partial charge in [0, 0.05) is 6.07 Å². The van der Waals surface area contributed by atoms with E-state index in [1.807, 2.05) is 0 Å². The maximum Gasteiger partial charge on any atom is 0.338 e. The van der Waals surface area contributed by atoms with Crippen LogP contribution in [0.25, 0.3) is 0 Å². The average molecular weight is 289 g/mol. The lowest BCUT2D eigenvalue weighted by Crippen LogP contribution is -2.06. The van der Waals surface area contributed by atoms with Gasteiger partial charge in [0.1, 0.15) is 0 Å². The maximum absolute atomic E-state index is 13.3. The number of carbonyl (C=O) groups excluding carboxylic acids is 1. The highest BCUT2D eigenvalue weighted by molar-refractivity contribution is 5.91. The second-order valence-electron chi connectivity index (χ2n) is 4.37. The average Bonchev–Trinajstić information content (AvgIpc) is 2.48. The largest absolute Gasteiger partial charge is 0.465 e. The number of nitro groups is 1. The Bertz CT molecular complexity index is 700. The van der Waals surface area contributed by atoms with Crippen molar-refractivity contribution < 1.29 is 18.8 Å². The van der Waals surface area contributed by atoms with Gasteiger partial charge in [-0.25, -0.2) is 4.79 Å². The summed E-state index contributed by atoms with van der Waals surface area (Å²) in [6, 6.07) is 10.5. The zero-order valence-corrected chi connectivity index (χ0v) is 11.2. The molecule has 0 saturated carbocycles. The van der Waals surface area contributed by atoms with Crippen molar-refractivity contribution in [3.8, 4) is 0 Å². The molecular weight excluding hydrogens is 277 g/mol. The fourth-order valence-electron chi connectivity index (χ4n) is 2.01. The SMILES string of the molecule is COC(=O)c1ccccc1Cc1ccc(F)c([N+](=O)[O-])c1. The predicted octanol–water partition coefficient (Wildman–Crippen LogP) is 3.11. The van der Waals surface area contributed by atoms with Crippen molar-refractivity contribution >= 4 is 11.7 Å². The fourth-order valence-corrected chi connectivity index (χ4v) is 2.01. The Morgan fingerprint density at radius 3 is 2.67 bits per heavy atom. The molecule has 0 radical (unpaired) electrons. The molecule has 0 N–H and O–H groups in total. The van der Waals surface area contributed by atoms with Gasteiger partial charge in [0.25, 0.3) is 0 Å². The molecule has 0 atom stereocenters. The lowest BCUT2D eigenvalue weighted by molar-refractivity contribution is -0.387. The third-order valence-electron chi connectivity index (χ3n) is 3.02. The third-order valence-corrected chi connectivity index (χ3v) is 3.02. The molecule has 0 aliphatic carbocycles. The molecule has 5 nitrogen and oxygen atoms in total. The summed E-state index contributed by atoms with van der Waals surface area (Å²) in [6.07, 6.45) is 0.270. The zero-order valence-electron chi connectivity index (χ0n) is 11.2. The van der Waals surface area contributed by atoms with Crippen molar-refractivity contribution in [2.24, 2.45) is 0 Å². The molecule has 0 aromatic heterocycles. The van der Waals surface area contributed by atoms with Crippen molar-refractivity contribution in [1.82, 2.24) is 0 Å². The molecule has 108 valence electrons. The molecule has 0 spiro atoms. The van der Waals surface area contributed by atoms with Crippen molar-refractivity contribution in [1.29, 1.82) is 0 Å². The Hall–Kier alpha value is -2.76. The molecule has 0 aliphatic rings. The standard InChI is InChI=1S/C15H12FNO4/c1-21-15(18)12-5-3-2-4-11(12)8-10-6-7-13(16)14(9-10)17(19)20/h2-7,9H,8H2,1H3. The summed E-state index contributed by atoms with van der Waals surface area (Å²) >= 11 is 0. The number of hydrogen-bond donors (Lipinski definition) is 0. The van der Waals surface area contributed by atoms with Gasteiger partial charge in [0.05, 0.1) is 17.6 Å². The molecule has 0 amide bonds. The van der Waals surface area contributed by atoms with Crippen LogP contribution < -0.4 is 0 Å². The van der Waals surface area contributed by atoms with Crippen LogP contribution in [0.3, 0.4) is 0 Å². The quantitative estimate of drug-likeness (QED) is 0.492. The smallest absolute Gasteiger partial charge is 0.338 e. The highest BCUT2D eigenvalue weighted by Crippen LogP contribution is 2.22. The lowest BCUT2D eigenvalue weighted by Gasteiger charge is -2.08. The van der Waals surface area contributed by atoms with E-state index in [2.05, 4.69) is 4.74 Å². The molecule has 6 heteroatoms. The Kier molecular flexibility index (Phi) is 4.27. The number of nitro benzene ring substituents is 1. The highest BCUT2D eigenvalue weighted by atomic mass is 19.1. The summed E-state index contributed by atoms with van der Waals surface area (Å²) in [7, 11) is 1.28. The van der Waals surface area contributed by atoms with E-state index in [-0.39, 0.29) is 6.42 Å². The summed E-state index contributed by atoms with van der Waals surface area (Å²) in [4.78, 5) is 21.6. The first-order valence-corrected chi connectivity index (χ1v) is 6.12. The molecule has 2 aromatic rings. The minimum atomic E-state index is -0.884. The monoisotopic (exact) mass is 289 g/mol. The second-order valence-corrected chi connectivity index (χ2v) is 4.37. The van der Waals surface area contributed by atoms with Crippen LogP contribution in [0.4, 0.5) is 10.1 Å². The summed E-state index contributed by atoms with van der Waals surface area (Å²) in [6.45, 7) is 0. The van der Waals surface area contributed by atoms with Crippen LogP contribution in [-0.2, 0) is 11.2 Å². The molecular formula is C15H12FNO4. The van der Waals surface area contributed by atoms with E-state index in [0.717, 1.165) is 6.07 Å². The van der Waals surface area contributed by atoms with Crippen LogP contribution in [-0.4, -0.2) is 18.0 Å². The number of methoxy groups -OCH3 is 1. The van der Waals surface area contributed by atoms with Crippen molar-refractivity contribution in [3.05, 3.63) is 75.1 Å². The molecule has 0 fully saturated rings.